The minimum Gasteiger partial charge on any atom is -0.392 e. The van der Waals surface area contributed by atoms with Gasteiger partial charge in [-0.25, -0.2) is 0 Å². The Balaban J connectivity index is 2.67. The summed E-state index contributed by atoms with van der Waals surface area (Å²) >= 11 is 4.92. The minimum absolute atomic E-state index is 0.00556. The summed E-state index contributed by atoms with van der Waals surface area (Å²) in [7, 11) is 0. The monoisotopic (exact) mass is 258 g/mol. The van der Waals surface area contributed by atoms with Gasteiger partial charge >= 0.3 is 0 Å². The summed E-state index contributed by atoms with van der Waals surface area (Å²) in [5, 5.41) is 2.90. The van der Waals surface area contributed by atoms with E-state index in [9.17, 15) is 4.79 Å². The van der Waals surface area contributed by atoms with Gasteiger partial charge in [-0.1, -0.05) is 26.1 Å². The van der Waals surface area contributed by atoms with Crippen LogP contribution in [-0.2, 0) is 9.53 Å². The van der Waals surface area contributed by atoms with Gasteiger partial charge in [-0.2, -0.15) is 0 Å². The summed E-state index contributed by atoms with van der Waals surface area (Å²) in [6, 6.07) is -0.215. The van der Waals surface area contributed by atoms with Crippen LogP contribution in [0.4, 0.5) is 0 Å². The molecule has 5 heteroatoms. The van der Waals surface area contributed by atoms with Crippen LogP contribution in [0.3, 0.4) is 0 Å². The van der Waals surface area contributed by atoms with Crippen molar-refractivity contribution in [3.05, 3.63) is 0 Å². The Morgan fingerprint density at radius 1 is 1.41 bits per heavy atom. The van der Waals surface area contributed by atoms with E-state index in [1.807, 2.05) is 27.7 Å². The zero-order valence-corrected chi connectivity index (χ0v) is 11.7. The summed E-state index contributed by atoms with van der Waals surface area (Å²) in [6.45, 7) is 7.93. The normalized spacial score (nSPS) is 34.4. The van der Waals surface area contributed by atoms with Gasteiger partial charge in [-0.05, 0) is 26.2 Å². The fraction of sp³-hybridized carbons (Fsp3) is 0.833. The first-order valence-corrected chi connectivity index (χ1v) is 6.54. The van der Waals surface area contributed by atoms with Gasteiger partial charge in [0.2, 0.25) is 5.91 Å². The zero-order valence-electron chi connectivity index (χ0n) is 10.9. The summed E-state index contributed by atoms with van der Waals surface area (Å²) in [6.07, 6.45) is 0.780. The molecule has 1 aliphatic rings. The highest BCUT2D eigenvalue weighted by molar-refractivity contribution is 7.80. The molecule has 0 aromatic rings. The Kier molecular flexibility index (Phi) is 4.89. The molecule has 3 N–H and O–H groups in total. The SMILES string of the molecule is CCC(NC(=O)C1C(C)OC(C)C1C)C(N)=S. The molecule has 1 rings (SSSR count). The topological polar surface area (TPSA) is 64.3 Å². The average Bonchev–Trinajstić information content (AvgIpc) is 2.49. The standard InChI is InChI=1S/C12H22N2O2S/c1-5-9(11(13)17)14-12(15)10-6(2)7(3)16-8(10)4/h6-10H,5H2,1-4H3,(H2,13,17)(H,14,15). The maximum Gasteiger partial charge on any atom is 0.226 e. The van der Waals surface area contributed by atoms with Crippen LogP contribution in [0.15, 0.2) is 0 Å². The van der Waals surface area contributed by atoms with Crippen LogP contribution in [-0.4, -0.2) is 29.1 Å². The molecule has 4 nitrogen and oxygen atoms in total. The molecular formula is C12H22N2O2S. The number of rotatable bonds is 4. The molecule has 0 aromatic carbocycles. The summed E-state index contributed by atoms with van der Waals surface area (Å²) in [4.78, 5) is 12.5. The highest BCUT2D eigenvalue weighted by Gasteiger charge is 2.41. The van der Waals surface area contributed by atoms with E-state index in [4.69, 9.17) is 22.7 Å². The zero-order chi connectivity index (χ0) is 13.2. The highest BCUT2D eigenvalue weighted by Crippen LogP contribution is 2.32. The van der Waals surface area contributed by atoms with Crippen molar-refractivity contribution >= 4 is 23.1 Å². The molecule has 1 heterocycles. The second-order valence-electron chi connectivity index (χ2n) is 4.80. The Labute approximate surface area is 108 Å². The Morgan fingerprint density at radius 3 is 2.35 bits per heavy atom. The van der Waals surface area contributed by atoms with Crippen LogP contribution >= 0.6 is 12.2 Å². The number of hydrogen-bond acceptors (Lipinski definition) is 3. The molecule has 0 radical (unpaired) electrons. The lowest BCUT2D eigenvalue weighted by molar-refractivity contribution is -0.127. The van der Waals surface area contributed by atoms with Gasteiger partial charge < -0.3 is 15.8 Å². The fourth-order valence-electron chi connectivity index (χ4n) is 2.36. The van der Waals surface area contributed by atoms with Gasteiger partial charge in [-0.3, -0.25) is 4.79 Å². The lowest BCUT2D eigenvalue weighted by Gasteiger charge is -2.22. The molecule has 5 unspecified atom stereocenters. The van der Waals surface area contributed by atoms with Gasteiger partial charge in [0, 0.05) is 0 Å². The number of thiocarbonyl (C=S) groups is 1. The van der Waals surface area contributed by atoms with E-state index in [1.54, 1.807) is 0 Å². The maximum absolute atomic E-state index is 12.2. The number of hydrogen-bond donors (Lipinski definition) is 2. The molecular weight excluding hydrogens is 236 g/mol. The molecule has 17 heavy (non-hydrogen) atoms. The van der Waals surface area contributed by atoms with Crippen molar-refractivity contribution in [2.75, 3.05) is 0 Å². The molecule has 1 amide bonds. The first-order valence-electron chi connectivity index (χ1n) is 6.13. The molecule has 1 aliphatic heterocycles. The van der Waals surface area contributed by atoms with Crippen molar-refractivity contribution < 1.29 is 9.53 Å². The van der Waals surface area contributed by atoms with Crippen LogP contribution in [0.1, 0.15) is 34.1 Å². The van der Waals surface area contributed by atoms with Crippen LogP contribution < -0.4 is 11.1 Å². The smallest absolute Gasteiger partial charge is 0.226 e. The number of carbonyl (C=O) groups is 1. The third-order valence-corrected chi connectivity index (χ3v) is 3.90. The maximum atomic E-state index is 12.2. The first-order chi connectivity index (χ1) is 7.88. The molecule has 5 atom stereocenters. The second-order valence-corrected chi connectivity index (χ2v) is 5.27. The van der Waals surface area contributed by atoms with Crippen molar-refractivity contribution in [3.63, 3.8) is 0 Å². The summed E-state index contributed by atoms with van der Waals surface area (Å²) < 4.78 is 5.66. The van der Waals surface area contributed by atoms with E-state index in [1.165, 1.54) is 0 Å². The van der Waals surface area contributed by atoms with Crippen LogP contribution in [0, 0.1) is 11.8 Å². The van der Waals surface area contributed by atoms with Crippen molar-refractivity contribution in [2.45, 2.75) is 52.4 Å². The Hall–Kier alpha value is -0.680. The Bertz CT molecular complexity index is 309. The van der Waals surface area contributed by atoms with Gasteiger partial charge in [0.1, 0.15) is 0 Å². The fourth-order valence-corrected chi connectivity index (χ4v) is 2.59. The van der Waals surface area contributed by atoms with Gasteiger partial charge in [-0.15, -0.1) is 0 Å². The van der Waals surface area contributed by atoms with E-state index in [0.717, 1.165) is 0 Å². The predicted molar refractivity (Wildman–Crippen MR) is 71.7 cm³/mol. The largest absolute Gasteiger partial charge is 0.392 e. The molecule has 1 fully saturated rings. The molecule has 0 bridgehead atoms. The van der Waals surface area contributed by atoms with Crippen LogP contribution in [0.2, 0.25) is 0 Å². The lowest BCUT2D eigenvalue weighted by atomic mass is 9.88. The van der Waals surface area contributed by atoms with E-state index < -0.39 is 0 Å². The van der Waals surface area contributed by atoms with Gasteiger partial charge in [0.25, 0.3) is 0 Å². The van der Waals surface area contributed by atoms with Crippen molar-refractivity contribution in [2.24, 2.45) is 17.6 Å². The predicted octanol–water partition coefficient (Wildman–Crippen LogP) is 1.23. The van der Waals surface area contributed by atoms with E-state index >= 15 is 0 Å². The molecule has 0 saturated carbocycles. The summed E-state index contributed by atoms with van der Waals surface area (Å²) in [5.41, 5.74) is 5.58. The average molecular weight is 258 g/mol. The van der Waals surface area contributed by atoms with Crippen LogP contribution in [0.5, 0.6) is 0 Å². The minimum atomic E-state index is -0.215. The first kappa shape index (κ1) is 14.4. The number of amides is 1. The Morgan fingerprint density at radius 2 is 2.00 bits per heavy atom. The van der Waals surface area contributed by atoms with Crippen molar-refractivity contribution in [1.29, 1.82) is 0 Å². The second kappa shape index (κ2) is 5.78. The third-order valence-electron chi connectivity index (χ3n) is 3.61. The molecule has 1 saturated heterocycles. The van der Waals surface area contributed by atoms with Gasteiger partial charge in [0.15, 0.2) is 0 Å². The number of carbonyl (C=O) groups excluding carboxylic acids is 1. The number of nitrogens with two attached hydrogens (primary N) is 1. The molecule has 0 spiro atoms. The van der Waals surface area contributed by atoms with Gasteiger partial charge in [0.05, 0.1) is 29.2 Å². The molecule has 98 valence electrons. The van der Waals surface area contributed by atoms with Crippen molar-refractivity contribution in [1.82, 2.24) is 5.32 Å². The van der Waals surface area contributed by atoms with Crippen molar-refractivity contribution in [3.8, 4) is 0 Å². The van der Waals surface area contributed by atoms with E-state index in [-0.39, 0.29) is 36.0 Å². The lowest BCUT2D eigenvalue weighted by Crippen LogP contribution is -2.47. The molecule has 0 aromatic heterocycles. The highest BCUT2D eigenvalue weighted by atomic mass is 32.1. The van der Waals surface area contributed by atoms with E-state index in [0.29, 0.717) is 11.4 Å². The molecule has 0 aliphatic carbocycles. The number of nitrogens with one attached hydrogen (secondary N) is 1. The number of ether oxygens (including phenoxy) is 1. The van der Waals surface area contributed by atoms with Crippen LogP contribution in [0.25, 0.3) is 0 Å². The summed E-state index contributed by atoms with van der Waals surface area (Å²) in [5.74, 6) is 0.0938. The van der Waals surface area contributed by atoms with E-state index in [2.05, 4.69) is 5.32 Å². The quantitative estimate of drug-likeness (QED) is 0.744. The third kappa shape index (κ3) is 3.16.